The van der Waals surface area contributed by atoms with E-state index in [4.69, 9.17) is 9.72 Å². The number of pyridine rings is 1. The lowest BCUT2D eigenvalue weighted by Gasteiger charge is -2.32. The molecule has 0 spiro atoms. The zero-order valence-corrected chi connectivity index (χ0v) is 16.0. The molecule has 0 unspecified atom stereocenters. The van der Waals surface area contributed by atoms with E-state index in [-0.39, 0.29) is 0 Å². The zero-order chi connectivity index (χ0) is 18.6. The molecule has 2 aromatic heterocycles. The van der Waals surface area contributed by atoms with Crippen molar-refractivity contribution in [3.05, 3.63) is 66.1 Å². The number of piperidine rings is 1. The largest absolute Gasteiger partial charge is 0.497 e. The van der Waals surface area contributed by atoms with E-state index in [1.165, 1.54) is 24.1 Å². The fourth-order valence-electron chi connectivity index (χ4n) is 3.87. The average molecular weight is 362 g/mol. The van der Waals surface area contributed by atoms with Gasteiger partial charge in [-0.05, 0) is 43.7 Å². The molecule has 0 radical (unpaired) electrons. The second kappa shape index (κ2) is 7.92. The van der Waals surface area contributed by atoms with E-state index >= 15 is 0 Å². The molecule has 27 heavy (non-hydrogen) atoms. The Balaban J connectivity index is 1.50. The third kappa shape index (κ3) is 4.19. The summed E-state index contributed by atoms with van der Waals surface area (Å²) in [7, 11) is 3.67. The smallest absolute Gasteiger partial charge is 0.119 e. The van der Waals surface area contributed by atoms with E-state index in [0.29, 0.717) is 5.92 Å². The van der Waals surface area contributed by atoms with Gasteiger partial charge in [-0.1, -0.05) is 18.2 Å². The number of aryl methyl sites for hydroxylation is 1. The summed E-state index contributed by atoms with van der Waals surface area (Å²) in [5.74, 6) is 1.33. The molecule has 1 aliphatic rings. The minimum absolute atomic E-state index is 0.473. The van der Waals surface area contributed by atoms with Crippen LogP contribution in [0.5, 0.6) is 5.75 Å². The van der Waals surface area contributed by atoms with Crippen LogP contribution in [0.3, 0.4) is 0 Å². The lowest BCUT2D eigenvalue weighted by molar-refractivity contribution is 0.198. The minimum atomic E-state index is 0.473. The van der Waals surface area contributed by atoms with Crippen molar-refractivity contribution < 1.29 is 4.74 Å². The van der Waals surface area contributed by atoms with E-state index in [0.717, 1.165) is 36.6 Å². The van der Waals surface area contributed by atoms with Gasteiger partial charge in [0.15, 0.2) is 0 Å². The van der Waals surface area contributed by atoms with Gasteiger partial charge in [-0.25, -0.2) is 0 Å². The SMILES string of the molecule is COc1cccc(-c2cccc([C@H]3CCCN(Cc4cnn(C)c4)C3)n2)c1. The van der Waals surface area contributed by atoms with Crippen LogP contribution >= 0.6 is 0 Å². The number of methoxy groups -OCH3 is 1. The van der Waals surface area contributed by atoms with E-state index in [1.807, 2.05) is 36.1 Å². The molecule has 140 valence electrons. The van der Waals surface area contributed by atoms with Crippen LogP contribution in [0.15, 0.2) is 54.9 Å². The molecule has 3 aromatic rings. The second-order valence-electron chi connectivity index (χ2n) is 7.28. The van der Waals surface area contributed by atoms with Crippen LogP contribution in [-0.4, -0.2) is 39.9 Å². The van der Waals surface area contributed by atoms with Crippen LogP contribution in [0.25, 0.3) is 11.3 Å². The van der Waals surface area contributed by atoms with Gasteiger partial charge in [0.2, 0.25) is 0 Å². The van der Waals surface area contributed by atoms with Crippen LogP contribution < -0.4 is 4.74 Å². The van der Waals surface area contributed by atoms with Crippen molar-refractivity contribution in [2.75, 3.05) is 20.2 Å². The maximum absolute atomic E-state index is 5.35. The molecule has 1 atom stereocenters. The fourth-order valence-corrected chi connectivity index (χ4v) is 3.87. The Bertz CT molecular complexity index is 905. The van der Waals surface area contributed by atoms with Crippen LogP contribution in [0.1, 0.15) is 30.0 Å². The Kier molecular flexibility index (Phi) is 5.21. The molecular formula is C22H26N4O. The summed E-state index contributed by atoms with van der Waals surface area (Å²) in [6.07, 6.45) is 6.46. The van der Waals surface area contributed by atoms with Crippen LogP contribution in [0, 0.1) is 0 Å². The fraction of sp³-hybridized carbons (Fsp3) is 0.364. The third-order valence-corrected chi connectivity index (χ3v) is 5.22. The van der Waals surface area contributed by atoms with Crippen LogP contribution in [-0.2, 0) is 13.6 Å². The number of hydrogen-bond donors (Lipinski definition) is 0. The summed E-state index contributed by atoms with van der Waals surface area (Å²) >= 11 is 0. The summed E-state index contributed by atoms with van der Waals surface area (Å²) < 4.78 is 7.22. The molecule has 1 aliphatic heterocycles. The second-order valence-corrected chi connectivity index (χ2v) is 7.28. The number of nitrogens with zero attached hydrogens (tertiary/aromatic N) is 4. The van der Waals surface area contributed by atoms with Gasteiger partial charge in [-0.15, -0.1) is 0 Å². The molecule has 0 amide bonds. The minimum Gasteiger partial charge on any atom is -0.497 e. The summed E-state index contributed by atoms with van der Waals surface area (Å²) in [4.78, 5) is 7.51. The summed E-state index contributed by atoms with van der Waals surface area (Å²) in [5, 5.41) is 4.29. The normalized spacial score (nSPS) is 17.8. The Morgan fingerprint density at radius 3 is 2.89 bits per heavy atom. The molecule has 0 saturated carbocycles. The number of hydrogen-bond acceptors (Lipinski definition) is 4. The lowest BCUT2D eigenvalue weighted by Crippen LogP contribution is -2.34. The van der Waals surface area contributed by atoms with Crippen molar-refractivity contribution in [1.29, 1.82) is 0 Å². The Hall–Kier alpha value is -2.66. The molecule has 0 bridgehead atoms. The lowest BCUT2D eigenvalue weighted by atomic mass is 9.93. The average Bonchev–Trinajstić information content (AvgIpc) is 3.13. The highest BCUT2D eigenvalue weighted by Crippen LogP contribution is 2.29. The predicted octanol–water partition coefficient (Wildman–Crippen LogP) is 3.87. The number of ether oxygens (including phenoxy) is 1. The standard InChI is InChI=1S/C22H26N4O/c1-25-14-17(13-23-25)15-26-11-5-7-19(16-26)22-10-4-9-21(24-22)18-6-3-8-20(12-18)27-2/h3-4,6,8-10,12-14,19H,5,7,11,15-16H2,1-2H3/t19-/m0/s1. The number of rotatable bonds is 5. The van der Waals surface area contributed by atoms with E-state index < -0.39 is 0 Å². The summed E-state index contributed by atoms with van der Waals surface area (Å²) in [6.45, 7) is 3.14. The van der Waals surface area contributed by atoms with Gasteiger partial charge in [-0.3, -0.25) is 14.6 Å². The molecular weight excluding hydrogens is 336 g/mol. The topological polar surface area (TPSA) is 43.2 Å². The molecule has 0 N–H and O–H groups in total. The summed E-state index contributed by atoms with van der Waals surface area (Å²) in [6, 6.07) is 14.5. The van der Waals surface area contributed by atoms with E-state index in [1.54, 1.807) is 7.11 Å². The van der Waals surface area contributed by atoms with Gasteiger partial charge in [0.05, 0.1) is 19.0 Å². The first-order valence-corrected chi connectivity index (χ1v) is 9.52. The predicted molar refractivity (Wildman–Crippen MR) is 107 cm³/mol. The molecule has 3 heterocycles. The Morgan fingerprint density at radius 2 is 2.07 bits per heavy atom. The van der Waals surface area contributed by atoms with Crippen LogP contribution in [0.4, 0.5) is 0 Å². The maximum atomic E-state index is 5.35. The molecule has 1 aromatic carbocycles. The monoisotopic (exact) mass is 362 g/mol. The van der Waals surface area contributed by atoms with Crippen molar-refractivity contribution >= 4 is 0 Å². The third-order valence-electron chi connectivity index (χ3n) is 5.22. The van der Waals surface area contributed by atoms with Crippen molar-refractivity contribution in [3.8, 4) is 17.0 Å². The first-order valence-electron chi connectivity index (χ1n) is 9.52. The molecule has 0 aliphatic carbocycles. The summed E-state index contributed by atoms with van der Waals surface area (Å²) in [5.41, 5.74) is 4.57. The van der Waals surface area contributed by atoms with Crippen molar-refractivity contribution in [2.24, 2.45) is 7.05 Å². The van der Waals surface area contributed by atoms with Gasteiger partial charge in [0, 0.05) is 49.1 Å². The van der Waals surface area contributed by atoms with E-state index in [9.17, 15) is 0 Å². The van der Waals surface area contributed by atoms with Gasteiger partial charge < -0.3 is 4.74 Å². The maximum Gasteiger partial charge on any atom is 0.119 e. The van der Waals surface area contributed by atoms with Crippen LogP contribution in [0.2, 0.25) is 0 Å². The molecule has 4 rings (SSSR count). The zero-order valence-electron chi connectivity index (χ0n) is 16.0. The molecule has 5 heteroatoms. The Morgan fingerprint density at radius 1 is 1.19 bits per heavy atom. The number of benzene rings is 1. The van der Waals surface area contributed by atoms with Gasteiger partial charge in [-0.2, -0.15) is 5.10 Å². The van der Waals surface area contributed by atoms with Gasteiger partial charge >= 0.3 is 0 Å². The first kappa shape index (κ1) is 17.7. The highest BCUT2D eigenvalue weighted by Gasteiger charge is 2.23. The molecule has 5 nitrogen and oxygen atoms in total. The quantitative estimate of drug-likeness (QED) is 0.691. The van der Waals surface area contributed by atoms with E-state index in [2.05, 4.69) is 40.5 Å². The van der Waals surface area contributed by atoms with Crippen molar-refractivity contribution in [1.82, 2.24) is 19.7 Å². The molecule has 1 fully saturated rings. The highest BCUT2D eigenvalue weighted by molar-refractivity contribution is 5.61. The molecule has 1 saturated heterocycles. The van der Waals surface area contributed by atoms with Crippen molar-refractivity contribution in [3.63, 3.8) is 0 Å². The highest BCUT2D eigenvalue weighted by atomic mass is 16.5. The first-order chi connectivity index (χ1) is 13.2. The van der Waals surface area contributed by atoms with Gasteiger partial charge in [0.25, 0.3) is 0 Å². The number of likely N-dealkylation sites (tertiary alicyclic amines) is 1. The van der Waals surface area contributed by atoms with Crippen molar-refractivity contribution in [2.45, 2.75) is 25.3 Å². The Labute approximate surface area is 160 Å². The van der Waals surface area contributed by atoms with Gasteiger partial charge in [0.1, 0.15) is 5.75 Å². The number of aromatic nitrogens is 3.